The van der Waals surface area contributed by atoms with Gasteiger partial charge in [-0.05, 0) is 60.4 Å². The van der Waals surface area contributed by atoms with Gasteiger partial charge in [-0.25, -0.2) is 4.79 Å². The van der Waals surface area contributed by atoms with Gasteiger partial charge in [0.1, 0.15) is 10.6 Å². The Hall–Kier alpha value is -5.29. The summed E-state index contributed by atoms with van der Waals surface area (Å²) >= 11 is 1.42. The summed E-state index contributed by atoms with van der Waals surface area (Å²) in [6.07, 6.45) is 0.799. The molecule has 0 saturated carbocycles. The van der Waals surface area contributed by atoms with E-state index in [4.69, 9.17) is 14.0 Å². The van der Waals surface area contributed by atoms with Crippen LogP contribution >= 0.6 is 11.3 Å². The van der Waals surface area contributed by atoms with Crippen molar-refractivity contribution in [2.24, 2.45) is 0 Å². The fraction of sp³-hybridized carbons (Fsp3) is 0.206. The zero-order valence-electron chi connectivity index (χ0n) is 25.0. The summed E-state index contributed by atoms with van der Waals surface area (Å²) < 4.78 is 18.2. The van der Waals surface area contributed by atoms with E-state index >= 15 is 0 Å². The van der Waals surface area contributed by atoms with Crippen LogP contribution in [0.15, 0.2) is 93.0 Å². The molecule has 0 saturated heterocycles. The number of aromatic nitrogens is 4. The van der Waals surface area contributed by atoms with Gasteiger partial charge in [0.2, 0.25) is 5.82 Å². The second-order valence-corrected chi connectivity index (χ2v) is 11.4. The van der Waals surface area contributed by atoms with Crippen LogP contribution < -0.4 is 20.7 Å². The van der Waals surface area contributed by atoms with E-state index in [0.717, 1.165) is 38.1 Å². The van der Waals surface area contributed by atoms with E-state index in [-0.39, 0.29) is 24.9 Å². The topological polar surface area (TPSA) is 118 Å². The highest BCUT2D eigenvalue weighted by Gasteiger charge is 2.20. The highest BCUT2D eigenvalue weighted by Crippen LogP contribution is 2.31. The van der Waals surface area contributed by atoms with Crippen LogP contribution in [0.25, 0.3) is 32.7 Å². The Morgan fingerprint density at radius 3 is 2.33 bits per heavy atom. The van der Waals surface area contributed by atoms with Crippen molar-refractivity contribution in [1.29, 1.82) is 0 Å². The van der Waals surface area contributed by atoms with Crippen molar-refractivity contribution in [1.82, 2.24) is 19.3 Å². The molecule has 11 heteroatoms. The first-order valence-corrected chi connectivity index (χ1v) is 15.3. The number of ketones is 1. The molecular weight excluding hydrogens is 592 g/mol. The number of carbonyl (C=O) groups is 1. The minimum Gasteiger partial charge on any atom is -0.494 e. The monoisotopic (exact) mass is 622 g/mol. The van der Waals surface area contributed by atoms with Gasteiger partial charge in [-0.1, -0.05) is 60.6 Å². The maximum atomic E-state index is 13.9. The minimum atomic E-state index is -0.531. The number of Topliss-reactive ketones (excluding diaryl/α,β-unsaturated/α-hetero) is 1. The number of benzene rings is 3. The first kappa shape index (κ1) is 29.8. The van der Waals surface area contributed by atoms with Crippen molar-refractivity contribution >= 4 is 27.3 Å². The molecule has 0 amide bonds. The molecule has 0 spiro atoms. The molecule has 45 heavy (non-hydrogen) atoms. The summed E-state index contributed by atoms with van der Waals surface area (Å²) in [6, 6.07) is 24.0. The van der Waals surface area contributed by atoms with Crippen LogP contribution in [0.1, 0.15) is 34.6 Å². The van der Waals surface area contributed by atoms with Gasteiger partial charge in [-0.2, -0.15) is 4.98 Å². The van der Waals surface area contributed by atoms with Crippen molar-refractivity contribution in [3.05, 3.63) is 116 Å². The van der Waals surface area contributed by atoms with E-state index in [9.17, 15) is 14.4 Å². The Balaban J connectivity index is 1.34. The highest BCUT2D eigenvalue weighted by atomic mass is 32.1. The summed E-state index contributed by atoms with van der Waals surface area (Å²) in [5.41, 5.74) is 2.86. The second-order valence-electron chi connectivity index (χ2n) is 10.3. The number of ether oxygens (including phenoxy) is 2. The van der Waals surface area contributed by atoms with Crippen LogP contribution in [-0.2, 0) is 19.5 Å². The minimum absolute atomic E-state index is 0.0780. The fourth-order valence-electron chi connectivity index (χ4n) is 5.15. The van der Waals surface area contributed by atoms with Crippen molar-refractivity contribution in [3.63, 3.8) is 0 Å². The lowest BCUT2D eigenvalue weighted by atomic mass is 9.98. The summed E-state index contributed by atoms with van der Waals surface area (Å²) in [5, 5.41) is 4.45. The highest BCUT2D eigenvalue weighted by molar-refractivity contribution is 7.18. The predicted molar refractivity (Wildman–Crippen MR) is 172 cm³/mol. The van der Waals surface area contributed by atoms with Gasteiger partial charge in [0, 0.05) is 16.0 Å². The number of aryl methyl sites for hydroxylation is 1. The van der Waals surface area contributed by atoms with E-state index < -0.39 is 11.2 Å². The molecule has 3 aromatic heterocycles. The second kappa shape index (κ2) is 12.7. The van der Waals surface area contributed by atoms with Gasteiger partial charge in [-0.3, -0.25) is 23.2 Å². The number of hydrogen-bond donors (Lipinski definition) is 0. The molecule has 0 aliphatic carbocycles. The lowest BCUT2D eigenvalue weighted by Gasteiger charge is -2.13. The van der Waals surface area contributed by atoms with Gasteiger partial charge in [0.05, 0.1) is 32.2 Å². The third kappa shape index (κ3) is 5.94. The van der Waals surface area contributed by atoms with E-state index in [1.807, 2.05) is 68.4 Å². The summed E-state index contributed by atoms with van der Waals surface area (Å²) in [5.74, 6) is 0.716. The van der Waals surface area contributed by atoms with Crippen molar-refractivity contribution in [3.8, 4) is 34.3 Å². The van der Waals surface area contributed by atoms with E-state index in [1.165, 1.54) is 18.4 Å². The van der Waals surface area contributed by atoms with Gasteiger partial charge < -0.3 is 9.47 Å². The lowest BCUT2D eigenvalue weighted by Crippen LogP contribution is -2.41. The molecule has 6 rings (SSSR count). The van der Waals surface area contributed by atoms with Gasteiger partial charge in [-0.15, -0.1) is 11.3 Å². The molecule has 0 unspecified atom stereocenters. The van der Waals surface area contributed by atoms with Crippen LogP contribution in [0.5, 0.6) is 11.8 Å². The molecule has 0 bridgehead atoms. The zero-order chi connectivity index (χ0) is 31.5. The van der Waals surface area contributed by atoms with Gasteiger partial charge in [0.25, 0.3) is 5.56 Å². The number of hydrogen-bond acceptors (Lipinski definition) is 9. The first-order valence-electron chi connectivity index (χ1n) is 14.5. The molecular formula is C34H30N4O6S. The number of methoxy groups -OCH3 is 1. The Morgan fingerprint density at radius 2 is 1.67 bits per heavy atom. The quantitative estimate of drug-likeness (QED) is 0.165. The summed E-state index contributed by atoms with van der Waals surface area (Å²) in [4.78, 5) is 46.4. The normalized spacial score (nSPS) is 11.2. The molecule has 0 aliphatic heterocycles. The number of rotatable bonds is 11. The summed E-state index contributed by atoms with van der Waals surface area (Å²) in [6.45, 7) is 4.25. The lowest BCUT2D eigenvalue weighted by molar-refractivity contribution is 0.0969. The van der Waals surface area contributed by atoms with Gasteiger partial charge >= 0.3 is 11.8 Å². The first-order chi connectivity index (χ1) is 21.9. The SMILES string of the molecule is CCOc1ccc(C(=O)Cn2c(=O)c3cc(CC)sc3n(Cc3ccc(-c4ccccc4-c4noc(OC)n4)cc3)c2=O)cc1. The molecule has 0 radical (unpaired) electrons. The number of thiophene rings is 1. The molecule has 3 heterocycles. The Morgan fingerprint density at radius 1 is 0.933 bits per heavy atom. The van der Waals surface area contributed by atoms with Crippen molar-refractivity contribution in [2.45, 2.75) is 33.4 Å². The maximum absolute atomic E-state index is 13.9. The van der Waals surface area contributed by atoms with Crippen LogP contribution in [0.2, 0.25) is 0 Å². The number of fused-ring (bicyclic) bond motifs is 1. The molecule has 3 aromatic carbocycles. The van der Waals surface area contributed by atoms with Crippen molar-refractivity contribution in [2.75, 3.05) is 13.7 Å². The average Bonchev–Trinajstić information content (AvgIpc) is 3.74. The van der Waals surface area contributed by atoms with Crippen LogP contribution in [0.3, 0.4) is 0 Å². The smallest absolute Gasteiger partial charge is 0.417 e. The van der Waals surface area contributed by atoms with E-state index in [1.54, 1.807) is 28.8 Å². The molecule has 228 valence electrons. The Bertz CT molecular complexity index is 2110. The molecule has 10 nitrogen and oxygen atoms in total. The van der Waals surface area contributed by atoms with E-state index in [2.05, 4.69) is 10.1 Å². The predicted octanol–water partition coefficient (Wildman–Crippen LogP) is 5.84. The number of carbonyl (C=O) groups excluding carboxylic acids is 1. The van der Waals surface area contributed by atoms with Crippen LogP contribution in [0.4, 0.5) is 0 Å². The summed E-state index contributed by atoms with van der Waals surface area (Å²) in [7, 11) is 1.46. The maximum Gasteiger partial charge on any atom is 0.417 e. The zero-order valence-corrected chi connectivity index (χ0v) is 25.8. The molecule has 6 aromatic rings. The van der Waals surface area contributed by atoms with Gasteiger partial charge in [0.15, 0.2) is 5.78 Å². The Labute approximate surface area is 262 Å². The largest absolute Gasteiger partial charge is 0.494 e. The Kier molecular flexibility index (Phi) is 8.43. The fourth-order valence-corrected chi connectivity index (χ4v) is 6.22. The van der Waals surface area contributed by atoms with Crippen LogP contribution in [0, 0.1) is 0 Å². The average molecular weight is 623 g/mol. The molecule has 0 aliphatic rings. The third-order valence-corrected chi connectivity index (χ3v) is 8.74. The molecule has 0 fully saturated rings. The molecule has 0 atom stereocenters. The standard InChI is InChI=1S/C34H30N4O6S/c1-4-25-18-28-31(40)37(20-29(39)23-14-16-24(17-15-23)43-5-2)34(41)38(32(28)45-25)19-21-10-12-22(13-11-21)26-8-6-7-9-27(26)30-35-33(42-3)44-36-30/h6-18H,4-5,19-20H2,1-3H3. The number of nitrogens with zero attached hydrogens (tertiary/aromatic N) is 4. The van der Waals surface area contributed by atoms with E-state index in [0.29, 0.717) is 34.0 Å². The molecule has 0 N–H and O–H groups in total. The van der Waals surface area contributed by atoms with Crippen molar-refractivity contribution < 1.29 is 18.8 Å². The van der Waals surface area contributed by atoms with Crippen LogP contribution in [-0.4, -0.2) is 38.8 Å². The third-order valence-electron chi connectivity index (χ3n) is 7.44.